The molecular weight excluding hydrogens is 398 g/mol. The summed E-state index contributed by atoms with van der Waals surface area (Å²) in [7, 11) is -3.82. The number of benzene rings is 2. The number of nitrogens with zero attached hydrogens (tertiary/aromatic N) is 1. The maximum absolute atomic E-state index is 12.6. The second kappa shape index (κ2) is 8.94. The van der Waals surface area contributed by atoms with E-state index in [4.69, 9.17) is 11.6 Å². The van der Waals surface area contributed by atoms with Crippen molar-refractivity contribution in [1.29, 1.82) is 0 Å². The van der Waals surface area contributed by atoms with Gasteiger partial charge in [-0.3, -0.25) is 4.79 Å². The minimum Gasteiger partial charge on any atom is -0.370 e. The molecule has 2 N–H and O–H groups in total. The summed E-state index contributed by atoms with van der Waals surface area (Å²) in [5.74, 6) is -0.415. The molecule has 0 bridgehead atoms. The molecule has 28 heavy (non-hydrogen) atoms. The van der Waals surface area contributed by atoms with Gasteiger partial charge in [-0.2, -0.15) is 4.72 Å². The van der Waals surface area contributed by atoms with Gasteiger partial charge in [-0.1, -0.05) is 23.7 Å². The zero-order valence-electron chi connectivity index (χ0n) is 15.7. The molecule has 1 amide bonds. The molecule has 1 heterocycles. The zero-order valence-corrected chi connectivity index (χ0v) is 17.3. The van der Waals surface area contributed by atoms with Crippen LogP contribution in [0.1, 0.15) is 26.2 Å². The number of sulfonamides is 1. The highest BCUT2D eigenvalue weighted by molar-refractivity contribution is 7.89. The molecule has 0 saturated carbocycles. The summed E-state index contributed by atoms with van der Waals surface area (Å²) in [5.41, 5.74) is 1.65. The minimum absolute atomic E-state index is 0.0604. The smallest absolute Gasteiger partial charge is 0.242 e. The molecule has 1 saturated heterocycles. The number of rotatable bonds is 6. The molecular formula is C20H24ClN3O3S. The number of halogens is 1. The Hall–Kier alpha value is -2.09. The van der Waals surface area contributed by atoms with Gasteiger partial charge in [0.25, 0.3) is 0 Å². The molecule has 1 atom stereocenters. The molecule has 3 rings (SSSR count). The first-order valence-electron chi connectivity index (χ1n) is 9.29. The number of carbonyl (C=O) groups is 1. The number of nitrogens with one attached hydrogen (secondary N) is 2. The summed E-state index contributed by atoms with van der Waals surface area (Å²) in [6, 6.07) is 12.5. The van der Waals surface area contributed by atoms with Gasteiger partial charge in [0.05, 0.1) is 22.3 Å². The van der Waals surface area contributed by atoms with Crippen LogP contribution in [0.4, 0.5) is 11.4 Å². The van der Waals surface area contributed by atoms with Crippen LogP contribution < -0.4 is 14.9 Å². The molecule has 0 aromatic heterocycles. The lowest BCUT2D eigenvalue weighted by atomic mass is 10.1. The standard InChI is InChI=1S/C20H24ClN3O3S/c1-15(23-28(26,27)17-11-9-16(21)10-12-17)20(25)22-18-7-3-4-8-19(18)24-13-5-2-6-14-24/h3-4,7-12,15,23H,2,5-6,13-14H2,1H3,(H,22,25). The summed E-state index contributed by atoms with van der Waals surface area (Å²) in [6.07, 6.45) is 3.47. The fraction of sp³-hybridized carbons (Fsp3) is 0.350. The normalized spacial score (nSPS) is 15.9. The van der Waals surface area contributed by atoms with Crippen molar-refractivity contribution in [2.45, 2.75) is 37.1 Å². The molecule has 6 nitrogen and oxygen atoms in total. The molecule has 1 aliphatic rings. The third-order valence-corrected chi connectivity index (χ3v) is 6.52. The Balaban J connectivity index is 1.70. The van der Waals surface area contributed by atoms with Crippen molar-refractivity contribution in [3.63, 3.8) is 0 Å². The van der Waals surface area contributed by atoms with Crippen LogP contribution in [0, 0.1) is 0 Å². The predicted octanol–water partition coefficient (Wildman–Crippen LogP) is 3.64. The Morgan fingerprint density at radius 3 is 2.36 bits per heavy atom. The average Bonchev–Trinajstić information content (AvgIpc) is 2.69. The van der Waals surface area contributed by atoms with Crippen molar-refractivity contribution in [3.05, 3.63) is 53.6 Å². The second-order valence-electron chi connectivity index (χ2n) is 6.85. The van der Waals surface area contributed by atoms with Crippen molar-refractivity contribution in [1.82, 2.24) is 4.72 Å². The molecule has 8 heteroatoms. The van der Waals surface area contributed by atoms with Crippen LogP contribution in [0.25, 0.3) is 0 Å². The van der Waals surface area contributed by atoms with Gasteiger partial charge in [-0.15, -0.1) is 0 Å². The van der Waals surface area contributed by atoms with E-state index < -0.39 is 22.0 Å². The van der Waals surface area contributed by atoms with Crippen molar-refractivity contribution < 1.29 is 13.2 Å². The topological polar surface area (TPSA) is 78.5 Å². The van der Waals surface area contributed by atoms with Crippen LogP contribution in [0.5, 0.6) is 0 Å². The van der Waals surface area contributed by atoms with Crippen LogP contribution in [0.15, 0.2) is 53.4 Å². The highest BCUT2D eigenvalue weighted by Gasteiger charge is 2.23. The van der Waals surface area contributed by atoms with Gasteiger partial charge in [0.1, 0.15) is 0 Å². The van der Waals surface area contributed by atoms with E-state index in [-0.39, 0.29) is 4.90 Å². The lowest BCUT2D eigenvalue weighted by molar-refractivity contribution is -0.117. The zero-order chi connectivity index (χ0) is 20.1. The summed E-state index contributed by atoms with van der Waals surface area (Å²) in [6.45, 7) is 3.42. The molecule has 1 aliphatic heterocycles. The van der Waals surface area contributed by atoms with E-state index in [0.29, 0.717) is 10.7 Å². The van der Waals surface area contributed by atoms with E-state index in [1.807, 2.05) is 24.3 Å². The van der Waals surface area contributed by atoms with E-state index >= 15 is 0 Å². The third kappa shape index (κ3) is 5.04. The van der Waals surface area contributed by atoms with Crippen molar-refractivity contribution in [2.75, 3.05) is 23.3 Å². The van der Waals surface area contributed by atoms with Gasteiger partial charge in [0, 0.05) is 18.1 Å². The van der Waals surface area contributed by atoms with E-state index in [0.717, 1.165) is 31.6 Å². The monoisotopic (exact) mass is 421 g/mol. The number of carbonyl (C=O) groups excluding carboxylic acids is 1. The Bertz CT molecular complexity index is 926. The van der Waals surface area contributed by atoms with Crippen molar-refractivity contribution in [2.24, 2.45) is 0 Å². The van der Waals surface area contributed by atoms with E-state index in [1.165, 1.54) is 37.6 Å². The van der Waals surface area contributed by atoms with Gasteiger partial charge in [0.15, 0.2) is 0 Å². The Kier molecular flexibility index (Phi) is 6.59. The largest absolute Gasteiger partial charge is 0.370 e. The Labute approximate surface area is 170 Å². The fourth-order valence-electron chi connectivity index (χ4n) is 3.20. The molecule has 150 valence electrons. The summed E-state index contributed by atoms with van der Waals surface area (Å²) in [4.78, 5) is 14.9. The van der Waals surface area contributed by atoms with Crippen molar-refractivity contribution in [3.8, 4) is 0 Å². The number of hydrogen-bond donors (Lipinski definition) is 2. The predicted molar refractivity (Wildman–Crippen MR) is 112 cm³/mol. The van der Waals surface area contributed by atoms with E-state index in [1.54, 1.807) is 0 Å². The average molecular weight is 422 g/mol. The molecule has 2 aromatic rings. The van der Waals surface area contributed by atoms with Gasteiger partial charge in [0.2, 0.25) is 15.9 Å². The second-order valence-corrected chi connectivity index (χ2v) is 9.00. The number of para-hydroxylation sites is 2. The fourth-order valence-corrected chi connectivity index (χ4v) is 4.53. The van der Waals surface area contributed by atoms with Gasteiger partial charge < -0.3 is 10.2 Å². The molecule has 0 spiro atoms. The SMILES string of the molecule is CC(NS(=O)(=O)c1ccc(Cl)cc1)C(=O)Nc1ccccc1N1CCCCC1. The molecule has 0 aliphatic carbocycles. The molecule has 2 aromatic carbocycles. The summed E-state index contributed by atoms with van der Waals surface area (Å²) < 4.78 is 27.4. The first-order valence-corrected chi connectivity index (χ1v) is 11.2. The lowest BCUT2D eigenvalue weighted by Crippen LogP contribution is -2.41. The van der Waals surface area contributed by atoms with Crippen LogP contribution >= 0.6 is 11.6 Å². The van der Waals surface area contributed by atoms with Crippen LogP contribution in [-0.4, -0.2) is 33.5 Å². The molecule has 1 fully saturated rings. The van der Waals surface area contributed by atoms with Crippen LogP contribution in [0.3, 0.4) is 0 Å². The van der Waals surface area contributed by atoms with Gasteiger partial charge in [-0.05, 0) is 62.6 Å². The number of piperidine rings is 1. The maximum Gasteiger partial charge on any atom is 0.242 e. The van der Waals surface area contributed by atoms with E-state index in [9.17, 15) is 13.2 Å². The molecule has 1 unspecified atom stereocenters. The minimum atomic E-state index is -3.82. The maximum atomic E-state index is 12.6. The Morgan fingerprint density at radius 2 is 1.68 bits per heavy atom. The third-order valence-electron chi connectivity index (χ3n) is 4.71. The first kappa shape index (κ1) is 20.6. The summed E-state index contributed by atoms with van der Waals surface area (Å²) >= 11 is 5.80. The lowest BCUT2D eigenvalue weighted by Gasteiger charge is -2.30. The highest BCUT2D eigenvalue weighted by Crippen LogP contribution is 2.28. The highest BCUT2D eigenvalue weighted by atomic mass is 35.5. The first-order chi connectivity index (χ1) is 13.4. The molecule has 0 radical (unpaired) electrons. The summed E-state index contributed by atoms with van der Waals surface area (Å²) in [5, 5.41) is 3.31. The van der Waals surface area contributed by atoms with Gasteiger partial charge >= 0.3 is 0 Å². The quantitative estimate of drug-likeness (QED) is 0.746. The van der Waals surface area contributed by atoms with Crippen LogP contribution in [-0.2, 0) is 14.8 Å². The Morgan fingerprint density at radius 1 is 1.04 bits per heavy atom. The van der Waals surface area contributed by atoms with E-state index in [2.05, 4.69) is 14.9 Å². The van der Waals surface area contributed by atoms with Crippen molar-refractivity contribution >= 4 is 38.9 Å². The van der Waals surface area contributed by atoms with Crippen LogP contribution in [0.2, 0.25) is 5.02 Å². The number of amides is 1. The number of hydrogen-bond acceptors (Lipinski definition) is 4. The number of anilines is 2. The van der Waals surface area contributed by atoms with Gasteiger partial charge in [-0.25, -0.2) is 8.42 Å².